The van der Waals surface area contributed by atoms with Gasteiger partial charge >= 0.3 is 0 Å². The van der Waals surface area contributed by atoms with Crippen LogP contribution in [0, 0.1) is 11.8 Å². The van der Waals surface area contributed by atoms with Crippen LogP contribution in [0.4, 0.5) is 0 Å². The average molecular weight is 423 g/mol. The third-order valence-electron chi connectivity index (χ3n) is 7.08. The van der Waals surface area contributed by atoms with Gasteiger partial charge in [-0.25, -0.2) is 0 Å². The molecule has 0 aliphatic rings. The fourth-order valence-electron chi connectivity index (χ4n) is 4.33. The van der Waals surface area contributed by atoms with E-state index < -0.39 is 0 Å². The molecule has 0 bridgehead atoms. The fraction of sp³-hybridized carbons (Fsp3) is 0.966. The first-order valence-corrected chi connectivity index (χ1v) is 14.1. The highest BCUT2D eigenvalue weighted by Crippen LogP contribution is 2.19. The van der Waals surface area contributed by atoms with E-state index >= 15 is 0 Å². The van der Waals surface area contributed by atoms with Crippen molar-refractivity contribution in [3.8, 4) is 0 Å². The summed E-state index contributed by atoms with van der Waals surface area (Å²) in [6.45, 7) is 9.11. The smallest absolute Gasteiger partial charge is 0.132 e. The number of Topliss-reactive ketones (excluding diaryl/α,β-unsaturated/α-hetero) is 1. The molecule has 0 fully saturated rings. The van der Waals surface area contributed by atoms with Gasteiger partial charge in [0, 0.05) is 12.8 Å². The van der Waals surface area contributed by atoms with E-state index in [1.54, 1.807) is 0 Å². The summed E-state index contributed by atoms with van der Waals surface area (Å²) in [4.78, 5) is 12.0. The summed E-state index contributed by atoms with van der Waals surface area (Å²) in [5.41, 5.74) is 0. The van der Waals surface area contributed by atoms with Gasteiger partial charge in [0.05, 0.1) is 0 Å². The normalized spacial score (nSPS) is 13.5. The maximum Gasteiger partial charge on any atom is 0.132 e. The molecule has 0 amide bonds. The molecule has 0 aliphatic heterocycles. The number of unbranched alkanes of at least 4 members (excludes halogenated alkanes) is 15. The van der Waals surface area contributed by atoms with E-state index in [2.05, 4.69) is 27.7 Å². The Labute approximate surface area is 191 Å². The van der Waals surface area contributed by atoms with Crippen LogP contribution in [0.2, 0.25) is 0 Å². The molecule has 0 aromatic rings. The van der Waals surface area contributed by atoms with Crippen molar-refractivity contribution < 1.29 is 4.79 Å². The SMILES string of the molecule is CCCCCCCCCCCCCCCCCCC(C)CCC(=O)CCC(C)CC. The van der Waals surface area contributed by atoms with Crippen LogP contribution in [0.3, 0.4) is 0 Å². The monoisotopic (exact) mass is 422 g/mol. The zero-order valence-electron chi connectivity index (χ0n) is 21.6. The molecule has 180 valence electrons. The fourth-order valence-corrected chi connectivity index (χ4v) is 4.33. The topological polar surface area (TPSA) is 17.1 Å². The maximum atomic E-state index is 12.0. The van der Waals surface area contributed by atoms with Crippen LogP contribution in [0.5, 0.6) is 0 Å². The van der Waals surface area contributed by atoms with E-state index in [-0.39, 0.29) is 0 Å². The highest BCUT2D eigenvalue weighted by Gasteiger charge is 2.08. The summed E-state index contributed by atoms with van der Waals surface area (Å²) in [6.07, 6.45) is 29.3. The number of ketones is 1. The second-order valence-corrected chi connectivity index (χ2v) is 10.3. The van der Waals surface area contributed by atoms with Crippen LogP contribution in [0.25, 0.3) is 0 Å². The third-order valence-corrected chi connectivity index (χ3v) is 7.08. The van der Waals surface area contributed by atoms with Gasteiger partial charge in [0.25, 0.3) is 0 Å². The van der Waals surface area contributed by atoms with Gasteiger partial charge < -0.3 is 0 Å². The van der Waals surface area contributed by atoms with Gasteiger partial charge in [0.1, 0.15) is 5.78 Å². The molecular formula is C29H58O. The van der Waals surface area contributed by atoms with Crippen LogP contribution >= 0.6 is 0 Å². The Balaban J connectivity index is 3.25. The summed E-state index contributed by atoms with van der Waals surface area (Å²) in [5.74, 6) is 1.93. The minimum atomic E-state index is 0.495. The highest BCUT2D eigenvalue weighted by atomic mass is 16.1. The lowest BCUT2D eigenvalue weighted by Crippen LogP contribution is -2.04. The van der Waals surface area contributed by atoms with Crippen molar-refractivity contribution in [2.75, 3.05) is 0 Å². The molecule has 0 aromatic heterocycles. The molecule has 0 saturated heterocycles. The van der Waals surface area contributed by atoms with Gasteiger partial charge in [0.15, 0.2) is 0 Å². The van der Waals surface area contributed by atoms with E-state index in [1.165, 1.54) is 116 Å². The lowest BCUT2D eigenvalue weighted by atomic mass is 9.94. The molecule has 1 nitrogen and oxygen atoms in total. The molecule has 0 rings (SSSR count). The molecule has 2 atom stereocenters. The van der Waals surface area contributed by atoms with Gasteiger partial charge in [-0.3, -0.25) is 4.79 Å². The first-order valence-electron chi connectivity index (χ1n) is 14.1. The van der Waals surface area contributed by atoms with Gasteiger partial charge in [-0.2, -0.15) is 0 Å². The van der Waals surface area contributed by atoms with E-state index in [9.17, 15) is 4.79 Å². The van der Waals surface area contributed by atoms with Crippen molar-refractivity contribution in [3.63, 3.8) is 0 Å². The van der Waals surface area contributed by atoms with Crippen LogP contribution in [-0.2, 0) is 4.79 Å². The highest BCUT2D eigenvalue weighted by molar-refractivity contribution is 5.78. The van der Waals surface area contributed by atoms with Crippen LogP contribution in [0.1, 0.15) is 169 Å². The zero-order chi connectivity index (χ0) is 22.3. The standard InChI is InChI=1S/C29H58O/c1-5-7-8-9-10-11-12-13-14-15-16-17-18-19-20-21-22-28(4)24-26-29(30)25-23-27(3)6-2/h27-28H,5-26H2,1-4H3. The Kier molecular flexibility index (Phi) is 23.1. The quantitative estimate of drug-likeness (QED) is 0.141. The van der Waals surface area contributed by atoms with Crippen molar-refractivity contribution in [3.05, 3.63) is 0 Å². The number of carbonyl (C=O) groups is 1. The maximum absolute atomic E-state index is 12.0. The van der Waals surface area contributed by atoms with Gasteiger partial charge in [-0.15, -0.1) is 0 Å². The molecule has 1 heteroatoms. The largest absolute Gasteiger partial charge is 0.300 e. The van der Waals surface area contributed by atoms with Crippen LogP contribution in [-0.4, -0.2) is 5.78 Å². The molecule has 0 radical (unpaired) electrons. The van der Waals surface area contributed by atoms with E-state index in [0.717, 1.165) is 31.6 Å². The van der Waals surface area contributed by atoms with Crippen LogP contribution < -0.4 is 0 Å². The predicted molar refractivity (Wildman–Crippen MR) is 136 cm³/mol. The molecular weight excluding hydrogens is 364 g/mol. The number of carbonyl (C=O) groups excluding carboxylic acids is 1. The first kappa shape index (κ1) is 29.7. The van der Waals surface area contributed by atoms with E-state index in [4.69, 9.17) is 0 Å². The minimum Gasteiger partial charge on any atom is -0.300 e. The van der Waals surface area contributed by atoms with Crippen molar-refractivity contribution >= 4 is 5.78 Å². The van der Waals surface area contributed by atoms with Crippen molar-refractivity contribution in [1.82, 2.24) is 0 Å². The summed E-state index contributed by atoms with van der Waals surface area (Å²) >= 11 is 0. The third kappa shape index (κ3) is 22.4. The molecule has 0 heterocycles. The second kappa shape index (κ2) is 23.3. The van der Waals surface area contributed by atoms with Gasteiger partial charge in [0.2, 0.25) is 0 Å². The summed E-state index contributed by atoms with van der Waals surface area (Å²) in [7, 11) is 0. The van der Waals surface area contributed by atoms with E-state index in [1.807, 2.05) is 0 Å². The van der Waals surface area contributed by atoms with Gasteiger partial charge in [-0.1, -0.05) is 143 Å². The molecule has 0 aromatic carbocycles. The van der Waals surface area contributed by atoms with Crippen molar-refractivity contribution in [2.24, 2.45) is 11.8 Å². The number of hydrogen-bond acceptors (Lipinski definition) is 1. The Morgan fingerprint density at radius 3 is 1.27 bits per heavy atom. The molecule has 30 heavy (non-hydrogen) atoms. The number of hydrogen-bond donors (Lipinski definition) is 0. The van der Waals surface area contributed by atoms with Crippen molar-refractivity contribution in [1.29, 1.82) is 0 Å². The van der Waals surface area contributed by atoms with Crippen molar-refractivity contribution in [2.45, 2.75) is 169 Å². The summed E-state index contributed by atoms with van der Waals surface area (Å²) < 4.78 is 0. The van der Waals surface area contributed by atoms with Crippen LogP contribution in [0.15, 0.2) is 0 Å². The molecule has 2 unspecified atom stereocenters. The lowest BCUT2D eigenvalue weighted by Gasteiger charge is -2.11. The minimum absolute atomic E-state index is 0.495. The van der Waals surface area contributed by atoms with Gasteiger partial charge in [-0.05, 0) is 24.7 Å². The predicted octanol–water partition coefficient (Wildman–Crippen LogP) is 10.4. The Hall–Kier alpha value is -0.330. The summed E-state index contributed by atoms with van der Waals surface area (Å²) in [5, 5.41) is 0. The first-order chi connectivity index (χ1) is 14.6. The van der Waals surface area contributed by atoms with E-state index in [0.29, 0.717) is 11.7 Å². The Morgan fingerprint density at radius 2 is 0.867 bits per heavy atom. The Bertz CT molecular complexity index is 348. The summed E-state index contributed by atoms with van der Waals surface area (Å²) in [6, 6.07) is 0. The zero-order valence-corrected chi connectivity index (χ0v) is 21.6. The number of rotatable bonds is 24. The molecule has 0 aliphatic carbocycles. The molecule has 0 spiro atoms. The average Bonchev–Trinajstić information content (AvgIpc) is 2.75. The Morgan fingerprint density at radius 1 is 0.500 bits per heavy atom. The molecule has 0 N–H and O–H groups in total. The second-order valence-electron chi connectivity index (χ2n) is 10.3. The molecule has 0 saturated carbocycles. The lowest BCUT2D eigenvalue weighted by molar-refractivity contribution is -0.119.